The minimum Gasteiger partial charge on any atom is -0.493 e. The van der Waals surface area contributed by atoms with Crippen LogP contribution in [-0.2, 0) is 0 Å². The molecule has 0 amide bonds. The summed E-state index contributed by atoms with van der Waals surface area (Å²) in [6.07, 6.45) is 1.96. The third-order valence-corrected chi connectivity index (χ3v) is 5.41. The zero-order valence-electron chi connectivity index (χ0n) is 16.3. The van der Waals surface area contributed by atoms with Crippen LogP contribution in [0.2, 0.25) is 0 Å². The summed E-state index contributed by atoms with van der Waals surface area (Å²) >= 11 is 0. The fraction of sp³-hybridized carbons (Fsp3) is 0.435. The second kappa shape index (κ2) is 9.69. The molecule has 1 saturated heterocycles. The zero-order chi connectivity index (χ0) is 19.9. The summed E-state index contributed by atoms with van der Waals surface area (Å²) in [5.41, 5.74) is 2.28. The van der Waals surface area contributed by atoms with Crippen molar-refractivity contribution in [2.75, 3.05) is 26.2 Å². The summed E-state index contributed by atoms with van der Waals surface area (Å²) in [6.45, 7) is 5.02. The van der Waals surface area contributed by atoms with Crippen molar-refractivity contribution in [3.8, 4) is 16.9 Å². The number of aromatic carboxylic acids is 1. The summed E-state index contributed by atoms with van der Waals surface area (Å²) in [5, 5.41) is 8.98. The van der Waals surface area contributed by atoms with Crippen LogP contribution in [-0.4, -0.2) is 48.4 Å². The van der Waals surface area contributed by atoms with Crippen LogP contribution in [0, 0.1) is 5.92 Å². The lowest BCUT2D eigenvalue weighted by Gasteiger charge is -2.32. The normalized spacial score (nSPS) is 16.6. The Morgan fingerprint density at radius 2 is 1.68 bits per heavy atom. The first-order chi connectivity index (χ1) is 13.5. The average molecular weight is 385 g/mol. The van der Waals surface area contributed by atoms with Gasteiger partial charge >= 0.3 is 5.97 Å². The fourth-order valence-electron chi connectivity index (χ4n) is 3.51. The minimum atomic E-state index is -0.920. The molecule has 1 unspecified atom stereocenters. The fourth-order valence-corrected chi connectivity index (χ4v) is 3.51. The van der Waals surface area contributed by atoms with Crippen molar-refractivity contribution in [3.63, 3.8) is 0 Å². The predicted octanol–water partition coefficient (Wildman–Crippen LogP) is 4.89. The van der Waals surface area contributed by atoms with Crippen LogP contribution < -0.4 is 4.74 Å². The van der Waals surface area contributed by atoms with E-state index in [1.54, 1.807) is 12.1 Å². The lowest BCUT2D eigenvalue weighted by molar-refractivity contribution is 0.0697. The lowest BCUT2D eigenvalue weighted by Crippen LogP contribution is -2.38. The van der Waals surface area contributed by atoms with Gasteiger partial charge in [0.2, 0.25) is 0 Å². The number of alkyl halides is 1. The van der Waals surface area contributed by atoms with Crippen molar-refractivity contribution in [2.45, 2.75) is 32.4 Å². The molecular weight excluding hydrogens is 357 g/mol. The Hall–Kier alpha value is -2.40. The van der Waals surface area contributed by atoms with Crippen molar-refractivity contribution >= 4 is 5.97 Å². The highest BCUT2D eigenvalue weighted by Gasteiger charge is 2.21. The van der Waals surface area contributed by atoms with E-state index in [0.717, 1.165) is 42.8 Å². The Labute approximate surface area is 165 Å². The van der Waals surface area contributed by atoms with Gasteiger partial charge in [-0.1, -0.05) is 31.2 Å². The van der Waals surface area contributed by atoms with E-state index < -0.39 is 12.1 Å². The summed E-state index contributed by atoms with van der Waals surface area (Å²) in [7, 11) is 0. The second-order valence-electron chi connectivity index (χ2n) is 7.47. The van der Waals surface area contributed by atoms with Gasteiger partial charge in [-0.2, -0.15) is 0 Å². The SMILES string of the molecule is CCC(F)CN1CCC(COc2ccc(-c3ccc(C(=O)O)cc3)cc2)CC1. The summed E-state index contributed by atoms with van der Waals surface area (Å²) in [6, 6.07) is 14.7. The van der Waals surface area contributed by atoms with Gasteiger partial charge in [0, 0.05) is 6.54 Å². The molecule has 1 heterocycles. The van der Waals surface area contributed by atoms with Crippen molar-refractivity contribution in [2.24, 2.45) is 5.92 Å². The van der Waals surface area contributed by atoms with Crippen LogP contribution in [0.1, 0.15) is 36.5 Å². The smallest absolute Gasteiger partial charge is 0.335 e. The molecule has 150 valence electrons. The number of hydrogen-bond donors (Lipinski definition) is 1. The first-order valence-corrected chi connectivity index (χ1v) is 9.98. The number of benzene rings is 2. The Bertz CT molecular complexity index is 752. The molecule has 0 aromatic heterocycles. The van der Waals surface area contributed by atoms with Gasteiger partial charge in [0.1, 0.15) is 11.9 Å². The van der Waals surface area contributed by atoms with Crippen LogP contribution in [0.25, 0.3) is 11.1 Å². The van der Waals surface area contributed by atoms with Crippen LogP contribution in [0.4, 0.5) is 4.39 Å². The number of ether oxygens (including phenoxy) is 1. The number of hydrogen-bond acceptors (Lipinski definition) is 3. The average Bonchev–Trinajstić information content (AvgIpc) is 2.73. The van der Waals surface area contributed by atoms with Gasteiger partial charge in [0.15, 0.2) is 0 Å². The van der Waals surface area contributed by atoms with Crippen molar-refractivity contribution in [1.29, 1.82) is 0 Å². The van der Waals surface area contributed by atoms with Crippen molar-refractivity contribution < 1.29 is 19.0 Å². The van der Waals surface area contributed by atoms with Gasteiger partial charge in [-0.25, -0.2) is 9.18 Å². The van der Waals surface area contributed by atoms with E-state index in [9.17, 15) is 9.18 Å². The Morgan fingerprint density at radius 3 is 2.21 bits per heavy atom. The highest BCUT2D eigenvalue weighted by Crippen LogP contribution is 2.24. The molecule has 28 heavy (non-hydrogen) atoms. The van der Waals surface area contributed by atoms with E-state index in [1.807, 2.05) is 43.3 Å². The molecule has 2 aromatic rings. The van der Waals surface area contributed by atoms with Gasteiger partial charge in [0.25, 0.3) is 0 Å². The number of piperidine rings is 1. The van der Waals surface area contributed by atoms with Gasteiger partial charge in [-0.3, -0.25) is 0 Å². The van der Waals surface area contributed by atoms with E-state index in [-0.39, 0.29) is 5.56 Å². The predicted molar refractivity (Wildman–Crippen MR) is 109 cm³/mol. The molecule has 0 radical (unpaired) electrons. The van der Waals surface area contributed by atoms with Crippen molar-refractivity contribution in [3.05, 3.63) is 54.1 Å². The molecule has 2 aromatic carbocycles. The van der Waals surface area contributed by atoms with Gasteiger partial charge < -0.3 is 14.7 Å². The maximum absolute atomic E-state index is 13.5. The first-order valence-electron chi connectivity index (χ1n) is 9.98. The molecule has 4 nitrogen and oxygen atoms in total. The molecule has 0 spiro atoms. The maximum atomic E-state index is 13.5. The molecule has 1 fully saturated rings. The van der Waals surface area contributed by atoms with Crippen LogP contribution in [0.15, 0.2) is 48.5 Å². The topological polar surface area (TPSA) is 49.8 Å². The number of nitrogens with zero attached hydrogens (tertiary/aromatic N) is 1. The highest BCUT2D eigenvalue weighted by atomic mass is 19.1. The molecule has 1 aliphatic heterocycles. The quantitative estimate of drug-likeness (QED) is 0.703. The van der Waals surface area contributed by atoms with Gasteiger partial charge in [-0.15, -0.1) is 0 Å². The number of carboxylic acid groups (broad SMARTS) is 1. The van der Waals surface area contributed by atoms with Gasteiger partial charge in [-0.05, 0) is 73.7 Å². The molecule has 1 aliphatic rings. The number of carbonyl (C=O) groups is 1. The minimum absolute atomic E-state index is 0.284. The van der Waals surface area contributed by atoms with E-state index in [2.05, 4.69) is 4.90 Å². The first kappa shape index (κ1) is 20.3. The highest BCUT2D eigenvalue weighted by molar-refractivity contribution is 5.88. The second-order valence-corrected chi connectivity index (χ2v) is 7.47. The number of carboxylic acids is 1. The molecule has 5 heteroatoms. The Balaban J connectivity index is 1.47. The van der Waals surface area contributed by atoms with E-state index in [1.165, 1.54) is 0 Å². The number of likely N-dealkylation sites (tertiary alicyclic amines) is 1. The summed E-state index contributed by atoms with van der Waals surface area (Å²) < 4.78 is 19.5. The number of halogens is 1. The molecule has 0 saturated carbocycles. The largest absolute Gasteiger partial charge is 0.493 e. The molecule has 1 atom stereocenters. The molecular formula is C23H28FNO3. The molecule has 3 rings (SSSR count). The van der Waals surface area contributed by atoms with E-state index in [4.69, 9.17) is 9.84 Å². The van der Waals surface area contributed by atoms with E-state index >= 15 is 0 Å². The molecule has 0 aliphatic carbocycles. The van der Waals surface area contributed by atoms with Gasteiger partial charge in [0.05, 0.1) is 12.2 Å². The maximum Gasteiger partial charge on any atom is 0.335 e. The molecule has 0 bridgehead atoms. The summed E-state index contributed by atoms with van der Waals surface area (Å²) in [5.74, 6) is 0.429. The molecule has 1 N–H and O–H groups in total. The number of rotatable bonds is 8. The van der Waals surface area contributed by atoms with Crippen LogP contribution in [0.3, 0.4) is 0 Å². The standard InChI is InChI=1S/C23H28FNO3/c1-2-21(24)15-25-13-11-17(12-14-25)16-28-22-9-7-19(8-10-22)18-3-5-20(6-4-18)23(26)27/h3-10,17,21H,2,11-16H2,1H3,(H,26,27). The third-order valence-electron chi connectivity index (χ3n) is 5.41. The third kappa shape index (κ3) is 5.55. The Kier molecular flexibility index (Phi) is 7.04. The van der Waals surface area contributed by atoms with Crippen LogP contribution in [0.5, 0.6) is 5.75 Å². The van der Waals surface area contributed by atoms with Crippen LogP contribution >= 0.6 is 0 Å². The summed E-state index contributed by atoms with van der Waals surface area (Å²) in [4.78, 5) is 13.2. The monoisotopic (exact) mass is 385 g/mol. The van der Waals surface area contributed by atoms with E-state index in [0.29, 0.717) is 25.5 Å². The van der Waals surface area contributed by atoms with Crippen molar-refractivity contribution in [1.82, 2.24) is 4.90 Å². The Morgan fingerprint density at radius 1 is 1.11 bits per heavy atom. The lowest BCUT2D eigenvalue weighted by atomic mass is 9.97. The zero-order valence-corrected chi connectivity index (χ0v) is 16.3.